The van der Waals surface area contributed by atoms with Crippen molar-refractivity contribution in [2.75, 3.05) is 0 Å². The molecule has 0 aromatic carbocycles. The Bertz CT molecular complexity index is 372. The van der Waals surface area contributed by atoms with Gasteiger partial charge in [-0.1, -0.05) is 51.4 Å². The third-order valence-corrected chi connectivity index (χ3v) is 10.7. The Kier molecular flexibility index (Phi) is 4.83. The van der Waals surface area contributed by atoms with Crippen LogP contribution in [-0.2, 0) is 4.84 Å². The lowest BCUT2D eigenvalue weighted by atomic mass is 10.0. The Balaban J connectivity index is 3.06. The van der Waals surface area contributed by atoms with E-state index in [9.17, 15) is 13.2 Å². The summed E-state index contributed by atoms with van der Waals surface area (Å²) in [5.74, 6) is -0.206. The lowest BCUT2D eigenvalue weighted by molar-refractivity contribution is -0.0872. The van der Waals surface area contributed by atoms with Crippen molar-refractivity contribution in [2.24, 2.45) is 11.1 Å². The first kappa shape index (κ1) is 17.7. The summed E-state index contributed by atoms with van der Waals surface area (Å²) in [6.45, 7) is 15.0. The molecule has 0 spiro atoms. The molecule has 118 valence electrons. The van der Waals surface area contributed by atoms with E-state index in [0.717, 1.165) is 0 Å². The fourth-order valence-corrected chi connectivity index (χ4v) is 13.1. The van der Waals surface area contributed by atoms with Crippen LogP contribution in [-0.4, -0.2) is 38.8 Å². The Morgan fingerprint density at radius 1 is 1.10 bits per heavy atom. The first-order valence-electron chi connectivity index (χ1n) is 6.84. The summed E-state index contributed by atoms with van der Waals surface area (Å²) in [5.41, 5.74) is -0.799. The van der Waals surface area contributed by atoms with Crippen LogP contribution >= 0.6 is 0 Å². The van der Waals surface area contributed by atoms with E-state index in [1.54, 1.807) is 0 Å². The largest absolute Gasteiger partial charge is 0.432 e. The van der Waals surface area contributed by atoms with Gasteiger partial charge in [-0.15, -0.1) is 0 Å². The van der Waals surface area contributed by atoms with Gasteiger partial charge in [-0.05, 0) is 0 Å². The summed E-state index contributed by atoms with van der Waals surface area (Å²) >= 11 is 0. The highest BCUT2D eigenvalue weighted by molar-refractivity contribution is 6.89. The van der Waals surface area contributed by atoms with Crippen LogP contribution in [0.3, 0.4) is 0 Å². The quantitative estimate of drug-likeness (QED) is 0.724. The number of nitrogens with zero attached hydrogens (tertiary/aromatic N) is 2. The molecule has 0 aromatic heterocycles. The minimum Gasteiger partial charge on any atom is -0.377 e. The first-order valence-corrected chi connectivity index (χ1v) is 13.7. The Morgan fingerprint density at radius 3 is 1.85 bits per heavy atom. The standard InChI is InChI=1S/C12H25F3N2OSi2/c1-9-8-10(12(13,14)15)16-18-11(9)17(19(2,3)4)20(5,6)7/h9,11H,8H2,1-7H3/t9-,11-/m0/s1. The number of oxime groups is 1. The van der Waals surface area contributed by atoms with Crippen molar-refractivity contribution >= 4 is 22.2 Å². The minimum absolute atomic E-state index is 0.0698. The van der Waals surface area contributed by atoms with Gasteiger partial charge in [0.15, 0.2) is 11.9 Å². The Morgan fingerprint density at radius 2 is 1.55 bits per heavy atom. The molecule has 8 heteroatoms. The molecular weight excluding hydrogens is 301 g/mol. The lowest BCUT2D eigenvalue weighted by Crippen LogP contribution is -2.65. The Hall–Kier alpha value is -0.346. The predicted octanol–water partition coefficient (Wildman–Crippen LogP) is 4.26. The van der Waals surface area contributed by atoms with Gasteiger partial charge < -0.3 is 9.07 Å². The normalized spacial score (nSPS) is 25.4. The first-order chi connectivity index (χ1) is 8.74. The van der Waals surface area contributed by atoms with Crippen molar-refractivity contribution in [3.8, 4) is 0 Å². The molecule has 0 aromatic rings. The summed E-state index contributed by atoms with van der Waals surface area (Å²) in [5, 5.41) is 3.37. The van der Waals surface area contributed by atoms with Gasteiger partial charge in [-0.3, -0.25) is 0 Å². The minimum atomic E-state index is -4.39. The van der Waals surface area contributed by atoms with E-state index in [2.05, 4.69) is 48.7 Å². The van der Waals surface area contributed by atoms with Gasteiger partial charge in [0.05, 0.1) is 0 Å². The average molecular weight is 327 g/mol. The molecule has 3 nitrogen and oxygen atoms in total. The van der Waals surface area contributed by atoms with Gasteiger partial charge >= 0.3 is 6.18 Å². The highest BCUT2D eigenvalue weighted by Crippen LogP contribution is 2.34. The zero-order valence-electron chi connectivity index (χ0n) is 13.3. The second-order valence-electron chi connectivity index (χ2n) is 7.42. The maximum absolute atomic E-state index is 12.7. The van der Waals surface area contributed by atoms with Crippen LogP contribution in [0.2, 0.25) is 39.3 Å². The summed E-state index contributed by atoms with van der Waals surface area (Å²) in [7, 11) is -3.40. The fraction of sp³-hybridized carbons (Fsp3) is 0.917. The smallest absolute Gasteiger partial charge is 0.377 e. The molecule has 20 heavy (non-hydrogen) atoms. The predicted molar refractivity (Wildman–Crippen MR) is 80.7 cm³/mol. The van der Waals surface area contributed by atoms with Crippen molar-refractivity contribution in [1.29, 1.82) is 0 Å². The lowest BCUT2D eigenvalue weighted by Gasteiger charge is -2.49. The van der Waals surface area contributed by atoms with Crippen LogP contribution in [0.15, 0.2) is 5.16 Å². The highest BCUT2D eigenvalue weighted by Gasteiger charge is 2.47. The van der Waals surface area contributed by atoms with Gasteiger partial charge in [0.2, 0.25) is 0 Å². The number of halogens is 3. The SMILES string of the molecule is C[C@H]1CC(C(F)(F)F)=NO[C@@H]1N([Si](C)(C)C)[Si](C)(C)C. The molecule has 0 bridgehead atoms. The molecule has 0 fully saturated rings. The molecule has 0 aliphatic carbocycles. The highest BCUT2D eigenvalue weighted by atomic mass is 28.4. The third-order valence-electron chi connectivity index (χ3n) is 3.30. The second kappa shape index (κ2) is 5.45. The topological polar surface area (TPSA) is 24.8 Å². The molecule has 0 unspecified atom stereocenters. The maximum atomic E-state index is 12.7. The zero-order chi connectivity index (χ0) is 15.9. The molecule has 1 rings (SSSR count). The molecule has 0 saturated heterocycles. The van der Waals surface area contributed by atoms with Crippen LogP contribution in [0.1, 0.15) is 13.3 Å². The second-order valence-corrected chi connectivity index (χ2v) is 17.5. The Labute approximate surface area is 121 Å². The molecule has 2 atom stereocenters. The molecule has 0 amide bonds. The molecule has 1 aliphatic rings. The molecule has 0 radical (unpaired) electrons. The van der Waals surface area contributed by atoms with E-state index in [0.29, 0.717) is 0 Å². The summed E-state index contributed by atoms with van der Waals surface area (Å²) in [6, 6.07) is 0. The maximum Gasteiger partial charge on any atom is 0.432 e. The summed E-state index contributed by atoms with van der Waals surface area (Å²) in [4.78, 5) is 5.31. The number of alkyl halides is 3. The molecule has 0 N–H and O–H groups in total. The van der Waals surface area contributed by atoms with E-state index < -0.39 is 28.4 Å². The van der Waals surface area contributed by atoms with Crippen LogP contribution in [0.5, 0.6) is 0 Å². The van der Waals surface area contributed by atoms with Gasteiger partial charge in [-0.2, -0.15) is 13.2 Å². The molecule has 1 heterocycles. The van der Waals surface area contributed by atoms with E-state index >= 15 is 0 Å². The average Bonchev–Trinajstić information content (AvgIpc) is 2.14. The van der Waals surface area contributed by atoms with Crippen LogP contribution in [0.4, 0.5) is 13.2 Å². The van der Waals surface area contributed by atoms with E-state index in [1.165, 1.54) is 0 Å². The third kappa shape index (κ3) is 4.08. The van der Waals surface area contributed by atoms with Crippen molar-refractivity contribution in [1.82, 2.24) is 4.23 Å². The zero-order valence-corrected chi connectivity index (χ0v) is 15.3. The van der Waals surface area contributed by atoms with Gasteiger partial charge in [0.25, 0.3) is 0 Å². The van der Waals surface area contributed by atoms with Crippen molar-refractivity contribution in [3.63, 3.8) is 0 Å². The fourth-order valence-electron chi connectivity index (χ4n) is 2.90. The molecule has 0 saturated carbocycles. The number of rotatable bonds is 3. The van der Waals surface area contributed by atoms with Gasteiger partial charge in [0, 0.05) is 12.3 Å². The van der Waals surface area contributed by atoms with Crippen LogP contribution in [0, 0.1) is 5.92 Å². The van der Waals surface area contributed by atoms with Crippen molar-refractivity contribution in [3.05, 3.63) is 0 Å². The van der Waals surface area contributed by atoms with E-state index in [1.807, 2.05) is 6.92 Å². The van der Waals surface area contributed by atoms with Crippen LogP contribution in [0.25, 0.3) is 0 Å². The van der Waals surface area contributed by atoms with E-state index in [-0.39, 0.29) is 18.6 Å². The van der Waals surface area contributed by atoms with Crippen LogP contribution < -0.4 is 0 Å². The summed E-state index contributed by atoms with van der Waals surface area (Å²) < 4.78 is 40.5. The van der Waals surface area contributed by atoms with Gasteiger partial charge in [0.1, 0.15) is 16.5 Å². The number of hydrogen-bond acceptors (Lipinski definition) is 3. The van der Waals surface area contributed by atoms with Crippen molar-refractivity contribution in [2.45, 2.75) is 65.0 Å². The van der Waals surface area contributed by atoms with Gasteiger partial charge in [-0.25, -0.2) is 0 Å². The molecule has 1 aliphatic heterocycles. The summed E-state index contributed by atoms with van der Waals surface area (Å²) in [6.07, 6.45) is -4.79. The number of hydrogen-bond donors (Lipinski definition) is 0. The molecular formula is C12H25F3N2OSi2. The van der Waals surface area contributed by atoms with Crippen molar-refractivity contribution < 1.29 is 18.0 Å². The monoisotopic (exact) mass is 326 g/mol. The van der Waals surface area contributed by atoms with E-state index in [4.69, 9.17) is 4.84 Å².